The van der Waals surface area contributed by atoms with E-state index in [2.05, 4.69) is 0 Å². The van der Waals surface area contributed by atoms with Crippen LogP contribution in [0.25, 0.3) is 0 Å². The van der Waals surface area contributed by atoms with Gasteiger partial charge in [0.05, 0.1) is 22.5 Å². The van der Waals surface area contributed by atoms with Crippen LogP contribution in [-0.2, 0) is 4.74 Å². The molecule has 1 aromatic carbocycles. The maximum Gasteiger partial charge on any atom is 0.311 e. The third kappa shape index (κ3) is 3.42. The van der Waals surface area contributed by atoms with Gasteiger partial charge in [-0.15, -0.1) is 0 Å². The van der Waals surface area contributed by atoms with Crippen LogP contribution >= 0.6 is 0 Å². The van der Waals surface area contributed by atoms with Crippen molar-refractivity contribution in [3.63, 3.8) is 0 Å². The molecule has 5 atom stereocenters. The second-order valence-corrected chi connectivity index (χ2v) is 4.98. The van der Waals surface area contributed by atoms with E-state index >= 15 is 0 Å². The van der Waals surface area contributed by atoms with Gasteiger partial charge in [-0.3, -0.25) is 20.2 Å². The topological polar surface area (TPSA) is 186 Å². The Kier molecular flexibility index (Phi) is 5.26. The molecule has 0 radical (unpaired) electrons. The summed E-state index contributed by atoms with van der Waals surface area (Å²) in [7, 11) is 0. The first-order chi connectivity index (χ1) is 11.3. The van der Waals surface area contributed by atoms with Gasteiger partial charge in [0, 0.05) is 12.1 Å². The van der Waals surface area contributed by atoms with Gasteiger partial charge in [0.2, 0.25) is 5.75 Å². The van der Waals surface area contributed by atoms with Crippen molar-refractivity contribution in [2.24, 2.45) is 0 Å². The highest BCUT2D eigenvalue weighted by molar-refractivity contribution is 5.53. The molecule has 0 saturated carbocycles. The lowest BCUT2D eigenvalue weighted by Crippen LogP contribution is -2.60. The smallest absolute Gasteiger partial charge is 0.311 e. The Balaban J connectivity index is 2.33. The predicted molar refractivity (Wildman–Crippen MR) is 74.1 cm³/mol. The molecule has 132 valence electrons. The molecule has 1 aromatic rings. The van der Waals surface area contributed by atoms with Crippen LogP contribution in [-0.4, -0.2) is 67.6 Å². The fourth-order valence-electron chi connectivity index (χ4n) is 2.21. The van der Waals surface area contributed by atoms with E-state index in [1.54, 1.807) is 0 Å². The molecule has 12 heteroatoms. The van der Waals surface area contributed by atoms with Crippen LogP contribution in [0.1, 0.15) is 0 Å². The van der Waals surface area contributed by atoms with Gasteiger partial charge in [-0.2, -0.15) is 0 Å². The summed E-state index contributed by atoms with van der Waals surface area (Å²) < 4.78 is 9.96. The molecule has 1 fully saturated rings. The van der Waals surface area contributed by atoms with Crippen LogP contribution in [0.15, 0.2) is 18.2 Å². The molecule has 0 aliphatic carbocycles. The van der Waals surface area contributed by atoms with Gasteiger partial charge in [-0.05, 0) is 0 Å². The molecule has 0 amide bonds. The summed E-state index contributed by atoms with van der Waals surface area (Å²) in [5.74, 6) is -0.587. The summed E-state index contributed by atoms with van der Waals surface area (Å²) in [6.45, 7) is -0.695. The average molecular weight is 346 g/mol. The fourth-order valence-corrected chi connectivity index (χ4v) is 2.21. The normalized spacial score (nSPS) is 29.9. The quantitative estimate of drug-likeness (QED) is 0.368. The Morgan fingerprint density at radius 1 is 1.12 bits per heavy atom. The zero-order valence-corrected chi connectivity index (χ0v) is 12.0. The molecule has 1 heterocycles. The van der Waals surface area contributed by atoms with Gasteiger partial charge in [-0.25, -0.2) is 0 Å². The first-order valence-electron chi connectivity index (χ1n) is 6.66. The van der Waals surface area contributed by atoms with Crippen molar-refractivity contribution in [1.82, 2.24) is 0 Å². The molecule has 1 aliphatic heterocycles. The summed E-state index contributed by atoms with van der Waals surface area (Å²) in [5, 5.41) is 60.2. The van der Waals surface area contributed by atoms with Gasteiger partial charge >= 0.3 is 5.69 Å². The molecule has 1 unspecified atom stereocenters. The Labute approximate surface area is 133 Å². The van der Waals surface area contributed by atoms with Gasteiger partial charge < -0.3 is 29.9 Å². The third-order valence-electron chi connectivity index (χ3n) is 3.46. The summed E-state index contributed by atoms with van der Waals surface area (Å²) >= 11 is 0. The highest BCUT2D eigenvalue weighted by Crippen LogP contribution is 2.34. The van der Waals surface area contributed by atoms with E-state index < -0.39 is 64.3 Å². The summed E-state index contributed by atoms with van der Waals surface area (Å²) in [6, 6.07) is 2.48. The van der Waals surface area contributed by atoms with Crippen molar-refractivity contribution in [3.05, 3.63) is 38.4 Å². The number of aliphatic hydroxyl groups excluding tert-OH is 4. The first kappa shape index (κ1) is 18.0. The molecule has 24 heavy (non-hydrogen) atoms. The zero-order valence-electron chi connectivity index (χ0n) is 12.0. The maximum absolute atomic E-state index is 11.0. The minimum absolute atomic E-state index is 0.509. The Morgan fingerprint density at radius 3 is 2.33 bits per heavy atom. The lowest BCUT2D eigenvalue weighted by Gasteiger charge is -2.39. The second-order valence-electron chi connectivity index (χ2n) is 4.98. The molecule has 2 rings (SSSR count). The summed E-state index contributed by atoms with van der Waals surface area (Å²) in [5.41, 5.74) is -1.15. The molecule has 0 spiro atoms. The maximum atomic E-state index is 11.0. The molecule has 1 aliphatic rings. The fraction of sp³-hybridized carbons (Fsp3) is 0.500. The van der Waals surface area contributed by atoms with Crippen molar-refractivity contribution in [1.29, 1.82) is 0 Å². The van der Waals surface area contributed by atoms with Crippen molar-refractivity contribution < 1.29 is 39.7 Å². The minimum atomic E-state index is -1.83. The van der Waals surface area contributed by atoms with Gasteiger partial charge in [0.15, 0.2) is 12.4 Å². The van der Waals surface area contributed by atoms with Crippen molar-refractivity contribution in [3.8, 4) is 5.75 Å². The van der Waals surface area contributed by atoms with Gasteiger partial charge in [0.25, 0.3) is 5.69 Å². The zero-order chi connectivity index (χ0) is 18.0. The predicted octanol–water partition coefficient (Wildman–Crippen LogP) is -1.32. The molecule has 1 saturated heterocycles. The number of aliphatic hydroxyl groups is 4. The number of benzene rings is 1. The number of nitro groups is 2. The Hall–Kier alpha value is -2.38. The number of nitro benzene ring substituents is 2. The van der Waals surface area contributed by atoms with Crippen LogP contribution in [0.4, 0.5) is 11.4 Å². The van der Waals surface area contributed by atoms with E-state index in [9.17, 15) is 35.5 Å². The summed E-state index contributed by atoms with van der Waals surface area (Å²) in [6.07, 6.45) is -8.18. The van der Waals surface area contributed by atoms with Crippen molar-refractivity contribution in [2.45, 2.75) is 30.7 Å². The van der Waals surface area contributed by atoms with E-state index in [1.807, 2.05) is 0 Å². The van der Waals surface area contributed by atoms with Gasteiger partial charge in [0.1, 0.15) is 18.3 Å². The lowest BCUT2D eigenvalue weighted by atomic mass is 9.99. The molecule has 12 nitrogen and oxygen atoms in total. The van der Waals surface area contributed by atoms with E-state index in [0.29, 0.717) is 0 Å². The van der Waals surface area contributed by atoms with Crippen molar-refractivity contribution >= 4 is 11.4 Å². The van der Waals surface area contributed by atoms with E-state index in [4.69, 9.17) is 14.6 Å². The Bertz CT molecular complexity index is 638. The monoisotopic (exact) mass is 346 g/mol. The average Bonchev–Trinajstić information content (AvgIpc) is 2.54. The molecular weight excluding hydrogens is 332 g/mol. The largest absolute Gasteiger partial charge is 0.475 e. The van der Waals surface area contributed by atoms with Crippen LogP contribution in [0.3, 0.4) is 0 Å². The minimum Gasteiger partial charge on any atom is -0.475 e. The number of nitrogens with zero attached hydrogens (tertiary/aromatic N) is 2. The number of rotatable bonds is 5. The third-order valence-corrected chi connectivity index (χ3v) is 3.46. The summed E-state index contributed by atoms with van der Waals surface area (Å²) in [4.78, 5) is 20.1. The van der Waals surface area contributed by atoms with Gasteiger partial charge in [-0.1, -0.05) is 0 Å². The van der Waals surface area contributed by atoms with E-state index in [-0.39, 0.29) is 0 Å². The number of hydrogen-bond donors (Lipinski definition) is 4. The van der Waals surface area contributed by atoms with Crippen LogP contribution < -0.4 is 4.74 Å². The standard InChI is InChI=1S/C12H14N2O10/c15-4-8-9(16)10(17)11(12(18)24-8)23-7-3-5(13(19)20)1-2-6(7)14(21)22/h1-3,8-12,15-18H,4H2/t8-,9-,10+,11+,12?/m1/s1. The van der Waals surface area contributed by atoms with Crippen LogP contribution in [0, 0.1) is 20.2 Å². The number of non-ortho nitro benzene ring substituents is 1. The second kappa shape index (κ2) is 7.02. The van der Waals surface area contributed by atoms with Crippen LogP contribution in [0.5, 0.6) is 5.75 Å². The van der Waals surface area contributed by atoms with Crippen molar-refractivity contribution in [2.75, 3.05) is 6.61 Å². The molecule has 0 aromatic heterocycles. The SMILES string of the molecule is O=[N+]([O-])c1ccc([N+](=O)[O-])c(O[C@@H]2C(O)O[C@H](CO)[C@@H](O)[C@@H]2O)c1. The molecular formula is C12H14N2O10. The van der Waals surface area contributed by atoms with E-state index in [1.165, 1.54) is 0 Å². The lowest BCUT2D eigenvalue weighted by molar-refractivity contribution is -0.390. The van der Waals surface area contributed by atoms with E-state index in [0.717, 1.165) is 18.2 Å². The first-order valence-corrected chi connectivity index (χ1v) is 6.66. The Morgan fingerprint density at radius 2 is 1.79 bits per heavy atom. The number of ether oxygens (including phenoxy) is 2. The molecule has 4 N–H and O–H groups in total. The number of hydrogen-bond acceptors (Lipinski definition) is 10. The molecule has 0 bridgehead atoms. The highest BCUT2D eigenvalue weighted by atomic mass is 16.7. The van der Waals surface area contributed by atoms with Crippen LogP contribution in [0.2, 0.25) is 0 Å². The highest BCUT2D eigenvalue weighted by Gasteiger charge is 2.45.